The second kappa shape index (κ2) is 9.73. The van der Waals surface area contributed by atoms with E-state index in [4.69, 9.17) is 21.8 Å². The highest BCUT2D eigenvalue weighted by molar-refractivity contribution is 6.31. The molecule has 2 saturated carbocycles. The number of carbonyl (C=O) groups excluding carboxylic acids is 2. The fourth-order valence-electron chi connectivity index (χ4n) is 3.49. The summed E-state index contributed by atoms with van der Waals surface area (Å²) in [4.78, 5) is 44.6. The van der Waals surface area contributed by atoms with Crippen molar-refractivity contribution < 1.29 is 51.3 Å². The topological polar surface area (TPSA) is 109 Å². The minimum atomic E-state index is -4.58. The number of aliphatic carboxylic acids is 2. The van der Waals surface area contributed by atoms with Gasteiger partial charge in [0.1, 0.15) is 0 Å². The maximum Gasteiger partial charge on any atom is 0.417 e. The minimum Gasteiger partial charge on any atom is -0.481 e. The SMILES string of the molecule is O=C(O)[C@H]1C[C@@H]1C(=O)c1ccc(C(F)(F)F)c(Cl)c1.O=C(O)[C@H]1C[C@@H]1C(=O)c1ccc(F)c(F)c1. The minimum absolute atomic E-state index is 0.00625. The average molecular weight is 519 g/mol. The quantitative estimate of drug-likeness (QED) is 0.405. The molecule has 2 aliphatic rings. The second-order valence-electron chi connectivity index (χ2n) is 8.12. The van der Waals surface area contributed by atoms with E-state index < -0.39 is 75.6 Å². The number of carbonyl (C=O) groups is 4. The van der Waals surface area contributed by atoms with Crippen LogP contribution in [0.4, 0.5) is 22.0 Å². The summed E-state index contributed by atoms with van der Waals surface area (Å²) in [7, 11) is 0. The van der Waals surface area contributed by atoms with Gasteiger partial charge in [0.2, 0.25) is 0 Å². The molecule has 2 aliphatic carbocycles. The molecule has 0 spiro atoms. The van der Waals surface area contributed by atoms with Crippen LogP contribution >= 0.6 is 11.6 Å². The Morgan fingerprint density at radius 1 is 0.743 bits per heavy atom. The zero-order chi connectivity index (χ0) is 26.2. The molecule has 2 N–H and O–H groups in total. The first-order valence-corrected chi connectivity index (χ1v) is 10.5. The molecule has 0 aliphatic heterocycles. The van der Waals surface area contributed by atoms with E-state index in [1.807, 2.05) is 0 Å². The lowest BCUT2D eigenvalue weighted by Crippen LogP contribution is -2.10. The Morgan fingerprint density at radius 2 is 1.20 bits per heavy atom. The summed E-state index contributed by atoms with van der Waals surface area (Å²) in [5.41, 5.74) is -0.990. The van der Waals surface area contributed by atoms with Crippen molar-refractivity contribution in [3.63, 3.8) is 0 Å². The molecule has 0 saturated heterocycles. The average Bonchev–Trinajstić information content (AvgIpc) is 3.67. The molecule has 2 fully saturated rings. The third kappa shape index (κ3) is 6.02. The number of hydrogen-bond donors (Lipinski definition) is 2. The Balaban J connectivity index is 0.000000198. The first-order chi connectivity index (χ1) is 16.2. The number of alkyl halides is 3. The smallest absolute Gasteiger partial charge is 0.417 e. The van der Waals surface area contributed by atoms with Gasteiger partial charge in [0, 0.05) is 23.0 Å². The maximum absolute atomic E-state index is 12.8. The largest absolute Gasteiger partial charge is 0.481 e. The van der Waals surface area contributed by atoms with Crippen molar-refractivity contribution >= 4 is 35.1 Å². The summed E-state index contributed by atoms with van der Waals surface area (Å²) >= 11 is 5.49. The van der Waals surface area contributed by atoms with Crippen LogP contribution in [0.1, 0.15) is 39.1 Å². The Bertz CT molecular complexity index is 1210. The maximum atomic E-state index is 12.8. The van der Waals surface area contributed by atoms with Crippen molar-refractivity contribution in [2.45, 2.75) is 19.0 Å². The van der Waals surface area contributed by atoms with Crippen molar-refractivity contribution in [1.82, 2.24) is 0 Å². The fraction of sp³-hybridized carbons (Fsp3) is 0.304. The van der Waals surface area contributed by atoms with Gasteiger partial charge in [0.05, 0.1) is 22.4 Å². The van der Waals surface area contributed by atoms with Crippen LogP contribution in [0.15, 0.2) is 36.4 Å². The lowest BCUT2D eigenvalue weighted by molar-refractivity contribution is -0.139. The van der Waals surface area contributed by atoms with E-state index in [1.54, 1.807) is 0 Å². The summed E-state index contributed by atoms with van der Waals surface area (Å²) < 4.78 is 62.9. The molecule has 0 radical (unpaired) electrons. The standard InChI is InChI=1S/C12H8ClF3O3.C11H8F2O3/c13-9-3-5(1-2-8(9)12(14,15)16)10(17)6-4-7(6)11(18)19;12-8-2-1-5(3-9(8)13)10(14)6-4-7(6)11(15)16/h1-3,6-7H,4H2,(H,18,19);1-3,6-7H,4H2,(H,15,16)/t2*6-,7-/m00/s1. The van der Waals surface area contributed by atoms with Gasteiger partial charge < -0.3 is 10.2 Å². The van der Waals surface area contributed by atoms with Crippen LogP contribution in [0.2, 0.25) is 5.02 Å². The van der Waals surface area contributed by atoms with E-state index in [1.165, 1.54) is 0 Å². The molecule has 0 amide bonds. The van der Waals surface area contributed by atoms with Gasteiger partial charge in [0.15, 0.2) is 23.2 Å². The molecule has 4 atom stereocenters. The van der Waals surface area contributed by atoms with Gasteiger partial charge in [0.25, 0.3) is 0 Å². The Morgan fingerprint density at radius 3 is 1.57 bits per heavy atom. The van der Waals surface area contributed by atoms with Crippen LogP contribution in [-0.4, -0.2) is 33.7 Å². The summed E-state index contributed by atoms with van der Waals surface area (Å²) in [5, 5.41) is 16.8. The van der Waals surface area contributed by atoms with Crippen LogP contribution in [0.5, 0.6) is 0 Å². The summed E-state index contributed by atoms with van der Waals surface area (Å²) in [6.07, 6.45) is -4.10. The van der Waals surface area contributed by atoms with E-state index in [9.17, 15) is 41.1 Å². The van der Waals surface area contributed by atoms with Crippen LogP contribution < -0.4 is 0 Å². The summed E-state index contributed by atoms with van der Waals surface area (Å²) in [6.45, 7) is 0. The van der Waals surface area contributed by atoms with Gasteiger partial charge in [-0.1, -0.05) is 17.7 Å². The monoisotopic (exact) mass is 518 g/mol. The third-order valence-electron chi connectivity index (χ3n) is 5.65. The van der Waals surface area contributed by atoms with Crippen LogP contribution in [-0.2, 0) is 15.8 Å². The zero-order valence-corrected chi connectivity index (χ0v) is 18.2. The van der Waals surface area contributed by atoms with Gasteiger partial charge in [-0.3, -0.25) is 19.2 Å². The molecule has 6 nitrogen and oxygen atoms in total. The number of benzene rings is 2. The number of Topliss-reactive ketones (excluding diaryl/α,β-unsaturated/α-hetero) is 2. The number of carboxylic acid groups (broad SMARTS) is 2. The van der Waals surface area contributed by atoms with Gasteiger partial charge in [-0.05, 0) is 43.2 Å². The third-order valence-corrected chi connectivity index (χ3v) is 5.96. The molecular formula is C23H16ClF5O6. The van der Waals surface area contributed by atoms with Crippen molar-refractivity contribution in [1.29, 1.82) is 0 Å². The Kier molecular flexibility index (Phi) is 7.30. The number of rotatable bonds is 6. The molecule has 2 aromatic carbocycles. The normalized spacial score (nSPS) is 22.5. The van der Waals surface area contributed by atoms with Crippen molar-refractivity contribution in [3.8, 4) is 0 Å². The predicted octanol–water partition coefficient (Wildman–Crippen LogP) is 5.13. The van der Waals surface area contributed by atoms with Crippen LogP contribution in [0.3, 0.4) is 0 Å². The summed E-state index contributed by atoms with van der Waals surface area (Å²) in [5.74, 6) is -7.83. The molecule has 0 aromatic heterocycles. The molecule has 2 aromatic rings. The van der Waals surface area contributed by atoms with Crippen molar-refractivity contribution in [2.75, 3.05) is 0 Å². The number of carboxylic acids is 2. The van der Waals surface area contributed by atoms with Crippen molar-refractivity contribution in [3.05, 3.63) is 69.7 Å². The Hall–Kier alpha value is -3.34. The molecule has 35 heavy (non-hydrogen) atoms. The van der Waals surface area contributed by atoms with E-state index in [2.05, 4.69) is 0 Å². The zero-order valence-electron chi connectivity index (χ0n) is 17.5. The van der Waals surface area contributed by atoms with E-state index in [0.717, 1.165) is 36.4 Å². The lowest BCUT2D eigenvalue weighted by atomic mass is 10.0. The molecule has 12 heteroatoms. The van der Waals surface area contributed by atoms with E-state index >= 15 is 0 Å². The highest BCUT2D eigenvalue weighted by Gasteiger charge is 2.49. The van der Waals surface area contributed by atoms with Crippen LogP contribution in [0.25, 0.3) is 0 Å². The molecule has 0 unspecified atom stereocenters. The summed E-state index contributed by atoms with van der Waals surface area (Å²) in [6, 6.07) is 5.51. The number of hydrogen-bond acceptors (Lipinski definition) is 4. The van der Waals surface area contributed by atoms with Crippen molar-refractivity contribution in [2.24, 2.45) is 23.7 Å². The molecule has 0 heterocycles. The first-order valence-electron chi connectivity index (χ1n) is 10.1. The highest BCUT2D eigenvalue weighted by atomic mass is 35.5. The van der Waals surface area contributed by atoms with Gasteiger partial charge in [-0.15, -0.1) is 0 Å². The molecule has 186 valence electrons. The first kappa shape index (κ1) is 26.3. The second-order valence-corrected chi connectivity index (χ2v) is 8.53. The van der Waals surface area contributed by atoms with Crippen LogP contribution in [0, 0.1) is 35.3 Å². The highest BCUT2D eigenvalue weighted by Crippen LogP contribution is 2.43. The molecular weight excluding hydrogens is 503 g/mol. The lowest BCUT2D eigenvalue weighted by Gasteiger charge is -2.09. The number of ketones is 2. The van der Waals surface area contributed by atoms with Gasteiger partial charge in [-0.25, -0.2) is 8.78 Å². The van der Waals surface area contributed by atoms with Gasteiger partial charge in [-0.2, -0.15) is 13.2 Å². The number of halogens is 6. The predicted molar refractivity (Wildman–Crippen MR) is 110 cm³/mol. The molecule has 4 rings (SSSR count). The molecule has 0 bridgehead atoms. The Labute approximate surface area is 199 Å². The van der Waals surface area contributed by atoms with Gasteiger partial charge >= 0.3 is 18.1 Å². The fourth-order valence-corrected chi connectivity index (χ4v) is 3.78. The van der Waals surface area contributed by atoms with E-state index in [-0.39, 0.29) is 24.0 Å². The van der Waals surface area contributed by atoms with E-state index in [0.29, 0.717) is 0 Å².